The summed E-state index contributed by atoms with van der Waals surface area (Å²) in [6, 6.07) is 10.3. The summed E-state index contributed by atoms with van der Waals surface area (Å²) >= 11 is 0. The first-order valence-electron chi connectivity index (χ1n) is 6.12. The van der Waals surface area contributed by atoms with Crippen molar-refractivity contribution >= 4 is 16.5 Å². The first kappa shape index (κ1) is 12.9. The third-order valence-corrected chi connectivity index (χ3v) is 3.12. The molecule has 3 aromatic carbocycles. The molecule has 0 atom stereocenters. The van der Waals surface area contributed by atoms with E-state index in [9.17, 15) is 19.8 Å². The van der Waals surface area contributed by atoms with Crippen LogP contribution in [0.2, 0.25) is 0 Å². The molecular formula is C15H10N2O4. The van der Waals surface area contributed by atoms with Gasteiger partial charge < -0.3 is 10.2 Å². The summed E-state index contributed by atoms with van der Waals surface area (Å²) in [5.41, 5.74) is 1.73. The summed E-state index contributed by atoms with van der Waals surface area (Å²) in [6.07, 6.45) is 0. The Morgan fingerprint density at radius 3 is 2.10 bits per heavy atom. The Kier molecular flexibility index (Phi) is 2.91. The van der Waals surface area contributed by atoms with Crippen LogP contribution in [0.4, 0.5) is 5.69 Å². The lowest BCUT2D eigenvalue weighted by atomic mass is 10.2. The molecule has 0 bridgehead atoms. The molecule has 6 heteroatoms. The van der Waals surface area contributed by atoms with E-state index in [0.29, 0.717) is 10.8 Å². The summed E-state index contributed by atoms with van der Waals surface area (Å²) in [6.45, 7) is 0. The molecule has 0 fully saturated rings. The van der Waals surface area contributed by atoms with Gasteiger partial charge in [0.2, 0.25) is 10.9 Å². The standard InChI is InChI=1S/C15H10N2O4/c18-8-5-6-11(12(19)7-8)16-17-13-14(20)9-3-1-2-4-10(9)15(13)21/h1-7,16,18-19H. The maximum Gasteiger partial charge on any atom is 0.217 e. The van der Waals surface area contributed by atoms with Gasteiger partial charge in [0, 0.05) is 16.8 Å². The predicted octanol–water partition coefficient (Wildman–Crippen LogP) is 0.775. The van der Waals surface area contributed by atoms with Crippen LogP contribution >= 0.6 is 0 Å². The molecular weight excluding hydrogens is 272 g/mol. The molecule has 0 aliphatic heterocycles. The molecule has 6 nitrogen and oxygen atoms in total. The van der Waals surface area contributed by atoms with Crippen LogP contribution in [0.5, 0.6) is 11.5 Å². The van der Waals surface area contributed by atoms with Gasteiger partial charge in [-0.2, -0.15) is 5.10 Å². The van der Waals surface area contributed by atoms with E-state index in [1.165, 1.54) is 12.1 Å². The molecule has 3 rings (SSSR count). The number of nitrogens with one attached hydrogen (secondary N) is 1. The van der Waals surface area contributed by atoms with Gasteiger partial charge in [-0.1, -0.05) is 24.3 Å². The average molecular weight is 282 g/mol. The zero-order valence-electron chi connectivity index (χ0n) is 10.7. The summed E-state index contributed by atoms with van der Waals surface area (Å²) < 4.78 is 0. The third-order valence-electron chi connectivity index (χ3n) is 3.12. The Bertz CT molecular complexity index is 935. The lowest BCUT2D eigenvalue weighted by Gasteiger charge is -2.02. The number of anilines is 1. The van der Waals surface area contributed by atoms with Crippen LogP contribution in [0.1, 0.15) is 0 Å². The minimum atomic E-state index is -0.457. The molecule has 0 aliphatic rings. The molecule has 0 spiro atoms. The second-order valence-corrected chi connectivity index (χ2v) is 4.48. The molecule has 0 amide bonds. The van der Waals surface area contributed by atoms with Crippen molar-refractivity contribution in [1.29, 1.82) is 0 Å². The molecule has 3 aromatic rings. The second kappa shape index (κ2) is 4.75. The molecule has 104 valence electrons. The smallest absolute Gasteiger partial charge is 0.217 e. The lowest BCUT2D eigenvalue weighted by molar-refractivity contribution is 0.452. The van der Waals surface area contributed by atoms with Crippen LogP contribution in [0.3, 0.4) is 0 Å². The van der Waals surface area contributed by atoms with E-state index in [1.807, 2.05) is 0 Å². The lowest BCUT2D eigenvalue weighted by Crippen LogP contribution is -2.32. The minimum Gasteiger partial charge on any atom is -0.508 e. The SMILES string of the molecule is O=c1c(=NNc2ccc(O)cc2O)c(=O)c2ccccc12. The van der Waals surface area contributed by atoms with Crippen LogP contribution < -0.4 is 21.6 Å². The monoisotopic (exact) mass is 282 g/mol. The molecule has 0 saturated heterocycles. The summed E-state index contributed by atoms with van der Waals surface area (Å²) in [5.74, 6) is -0.346. The molecule has 0 heterocycles. The van der Waals surface area contributed by atoms with E-state index in [1.54, 1.807) is 24.3 Å². The van der Waals surface area contributed by atoms with Gasteiger partial charge >= 0.3 is 0 Å². The molecule has 0 aliphatic carbocycles. The molecule has 0 radical (unpaired) electrons. The van der Waals surface area contributed by atoms with Gasteiger partial charge in [0.05, 0.1) is 5.69 Å². The van der Waals surface area contributed by atoms with E-state index in [4.69, 9.17) is 0 Å². The van der Waals surface area contributed by atoms with E-state index in [-0.39, 0.29) is 22.5 Å². The Labute approximate surface area is 117 Å². The van der Waals surface area contributed by atoms with Gasteiger partial charge in [0.1, 0.15) is 11.5 Å². The number of hydrogen-bond donors (Lipinski definition) is 3. The topological polar surface area (TPSA) is 99.0 Å². The van der Waals surface area contributed by atoms with Gasteiger partial charge in [-0.15, -0.1) is 0 Å². The van der Waals surface area contributed by atoms with Gasteiger partial charge in [-0.25, -0.2) is 0 Å². The van der Waals surface area contributed by atoms with E-state index in [0.717, 1.165) is 6.07 Å². The van der Waals surface area contributed by atoms with E-state index in [2.05, 4.69) is 10.5 Å². The van der Waals surface area contributed by atoms with Crippen molar-refractivity contribution in [2.45, 2.75) is 0 Å². The summed E-state index contributed by atoms with van der Waals surface area (Å²) in [5, 5.41) is 23.0. The summed E-state index contributed by atoms with van der Waals surface area (Å²) in [4.78, 5) is 24.1. The average Bonchev–Trinajstić information content (AvgIpc) is 2.71. The predicted molar refractivity (Wildman–Crippen MR) is 77.8 cm³/mol. The van der Waals surface area contributed by atoms with Crippen molar-refractivity contribution in [2.75, 3.05) is 5.43 Å². The normalized spacial score (nSPS) is 10.7. The number of benzene rings is 2. The van der Waals surface area contributed by atoms with Gasteiger partial charge in [0.25, 0.3) is 0 Å². The van der Waals surface area contributed by atoms with Gasteiger partial charge in [-0.3, -0.25) is 15.0 Å². The number of aromatic hydroxyl groups is 2. The molecule has 3 N–H and O–H groups in total. The number of phenolic OH excluding ortho intramolecular Hbond substituents is 2. The third kappa shape index (κ3) is 2.12. The van der Waals surface area contributed by atoms with Crippen molar-refractivity contribution in [3.63, 3.8) is 0 Å². The molecule has 0 unspecified atom stereocenters. The van der Waals surface area contributed by atoms with E-state index < -0.39 is 10.9 Å². The van der Waals surface area contributed by atoms with E-state index >= 15 is 0 Å². The van der Waals surface area contributed by atoms with Crippen LogP contribution in [-0.2, 0) is 0 Å². The second-order valence-electron chi connectivity index (χ2n) is 4.48. The maximum atomic E-state index is 12.1. The van der Waals surface area contributed by atoms with Crippen LogP contribution in [-0.4, -0.2) is 10.2 Å². The Hall–Kier alpha value is -3.15. The summed E-state index contributed by atoms with van der Waals surface area (Å²) in [7, 11) is 0. The Balaban J connectivity index is 2.13. The highest BCUT2D eigenvalue weighted by molar-refractivity contribution is 5.83. The Morgan fingerprint density at radius 1 is 0.905 bits per heavy atom. The first-order chi connectivity index (χ1) is 10.1. The maximum absolute atomic E-state index is 12.1. The van der Waals surface area contributed by atoms with Crippen molar-refractivity contribution in [3.8, 4) is 11.5 Å². The fourth-order valence-electron chi connectivity index (χ4n) is 2.07. The minimum absolute atomic E-state index is 0.105. The highest BCUT2D eigenvalue weighted by atomic mass is 16.3. The highest BCUT2D eigenvalue weighted by Gasteiger charge is 2.10. The molecule has 0 saturated carbocycles. The van der Waals surface area contributed by atoms with Crippen LogP contribution in [0.25, 0.3) is 10.8 Å². The van der Waals surface area contributed by atoms with Crippen molar-refractivity contribution < 1.29 is 10.2 Å². The first-order valence-corrected chi connectivity index (χ1v) is 6.12. The number of hydrogen-bond acceptors (Lipinski definition) is 6. The molecule has 21 heavy (non-hydrogen) atoms. The van der Waals surface area contributed by atoms with Gasteiger partial charge in [0.15, 0.2) is 5.36 Å². The Morgan fingerprint density at radius 2 is 1.52 bits per heavy atom. The zero-order chi connectivity index (χ0) is 15.0. The van der Waals surface area contributed by atoms with Crippen molar-refractivity contribution in [1.82, 2.24) is 0 Å². The van der Waals surface area contributed by atoms with Crippen LogP contribution in [0, 0.1) is 0 Å². The van der Waals surface area contributed by atoms with Crippen molar-refractivity contribution in [3.05, 3.63) is 68.3 Å². The van der Waals surface area contributed by atoms with Crippen molar-refractivity contribution in [2.24, 2.45) is 5.10 Å². The quantitative estimate of drug-likeness (QED) is 0.366. The fourth-order valence-corrected chi connectivity index (χ4v) is 2.07. The zero-order valence-corrected chi connectivity index (χ0v) is 10.7. The number of fused-ring (bicyclic) bond motifs is 1. The number of phenols is 2. The van der Waals surface area contributed by atoms with Gasteiger partial charge in [-0.05, 0) is 12.1 Å². The fraction of sp³-hybridized carbons (Fsp3) is 0. The number of nitrogens with zero attached hydrogens (tertiary/aromatic N) is 1. The highest BCUT2D eigenvalue weighted by Crippen LogP contribution is 2.26. The van der Waals surface area contributed by atoms with Crippen LogP contribution in [0.15, 0.2) is 57.2 Å². The number of rotatable bonds is 2. The largest absolute Gasteiger partial charge is 0.508 e. The molecule has 0 aromatic heterocycles.